The van der Waals surface area contributed by atoms with Crippen LogP contribution in [0, 0.1) is 10.1 Å². The number of nitrogens with zero attached hydrogens (tertiary/aromatic N) is 3. The van der Waals surface area contributed by atoms with E-state index >= 15 is 0 Å². The molecule has 0 atom stereocenters. The molecule has 0 unspecified atom stereocenters. The van der Waals surface area contributed by atoms with Gasteiger partial charge in [-0.3, -0.25) is 14.9 Å². The Bertz CT molecular complexity index is 678. The third-order valence-corrected chi connectivity index (χ3v) is 3.09. The molecule has 0 aliphatic carbocycles. The molecule has 0 bridgehead atoms. The van der Waals surface area contributed by atoms with Crippen LogP contribution in [-0.2, 0) is 0 Å². The Morgan fingerprint density at radius 1 is 1.35 bits per heavy atom. The summed E-state index contributed by atoms with van der Waals surface area (Å²) in [6, 6.07) is 3.99. The number of rotatable bonds is 3. The SMILES string of the molecule is O=C(Nc1cnc(Br)cn1)c1cccc([N+](=O)[O-])c1Cl. The first-order valence-electron chi connectivity index (χ1n) is 5.21. The number of hydrogen-bond donors (Lipinski definition) is 1. The average Bonchev–Trinajstić information content (AvgIpc) is 2.41. The molecule has 0 spiro atoms. The first kappa shape index (κ1) is 14.4. The molecule has 1 amide bonds. The number of amides is 1. The second kappa shape index (κ2) is 5.93. The topological polar surface area (TPSA) is 98.0 Å². The minimum absolute atomic E-state index is 0.00872. The molecule has 102 valence electrons. The Kier molecular flexibility index (Phi) is 4.26. The lowest BCUT2D eigenvalue weighted by Crippen LogP contribution is -2.14. The van der Waals surface area contributed by atoms with Crippen LogP contribution < -0.4 is 5.32 Å². The standard InChI is InChI=1S/C11H6BrClN4O3/c12-8-4-15-9(5-14-8)16-11(18)6-2-1-3-7(10(6)13)17(19)20/h1-5H,(H,15,16,18). The number of carbonyl (C=O) groups excluding carboxylic acids is 1. The average molecular weight is 358 g/mol. The fraction of sp³-hybridized carbons (Fsp3) is 0. The van der Waals surface area contributed by atoms with Crippen LogP contribution in [0.15, 0.2) is 35.2 Å². The van der Waals surface area contributed by atoms with Crippen LogP contribution in [0.5, 0.6) is 0 Å². The number of benzene rings is 1. The molecule has 2 aromatic rings. The van der Waals surface area contributed by atoms with E-state index in [1.165, 1.54) is 30.6 Å². The Morgan fingerprint density at radius 2 is 2.10 bits per heavy atom. The fourth-order valence-electron chi connectivity index (χ4n) is 1.40. The molecule has 1 N–H and O–H groups in total. The van der Waals surface area contributed by atoms with Crippen molar-refractivity contribution in [2.75, 3.05) is 5.32 Å². The van der Waals surface area contributed by atoms with Crippen molar-refractivity contribution in [1.82, 2.24) is 9.97 Å². The van der Waals surface area contributed by atoms with E-state index in [1.807, 2.05) is 0 Å². The number of hydrogen-bond acceptors (Lipinski definition) is 5. The summed E-state index contributed by atoms with van der Waals surface area (Å²) in [5, 5.41) is 13.0. The molecule has 0 aliphatic heterocycles. The van der Waals surface area contributed by atoms with Gasteiger partial charge in [0.2, 0.25) is 0 Å². The van der Waals surface area contributed by atoms with E-state index in [-0.39, 0.29) is 22.1 Å². The van der Waals surface area contributed by atoms with Gasteiger partial charge in [-0.1, -0.05) is 17.7 Å². The van der Waals surface area contributed by atoms with Gasteiger partial charge in [0, 0.05) is 6.07 Å². The summed E-state index contributed by atoms with van der Waals surface area (Å²) in [5.74, 6) is -0.393. The van der Waals surface area contributed by atoms with E-state index in [4.69, 9.17) is 11.6 Å². The number of nitro benzene ring substituents is 1. The molecular weight excluding hydrogens is 352 g/mol. The highest BCUT2D eigenvalue weighted by molar-refractivity contribution is 9.10. The highest BCUT2D eigenvalue weighted by Crippen LogP contribution is 2.28. The van der Waals surface area contributed by atoms with Crippen molar-refractivity contribution in [2.45, 2.75) is 0 Å². The summed E-state index contributed by atoms with van der Waals surface area (Å²) in [5.41, 5.74) is -0.341. The molecule has 1 aromatic carbocycles. The minimum Gasteiger partial charge on any atom is -0.305 e. The highest BCUT2D eigenvalue weighted by atomic mass is 79.9. The van der Waals surface area contributed by atoms with E-state index in [0.29, 0.717) is 4.60 Å². The third kappa shape index (κ3) is 3.09. The van der Waals surface area contributed by atoms with Crippen LogP contribution >= 0.6 is 27.5 Å². The molecule has 7 nitrogen and oxygen atoms in total. The van der Waals surface area contributed by atoms with E-state index in [2.05, 4.69) is 31.2 Å². The molecule has 1 aromatic heterocycles. The van der Waals surface area contributed by atoms with Crippen LogP contribution in [0.4, 0.5) is 11.5 Å². The molecule has 9 heteroatoms. The van der Waals surface area contributed by atoms with Crippen molar-refractivity contribution in [2.24, 2.45) is 0 Å². The van der Waals surface area contributed by atoms with Crippen molar-refractivity contribution >= 4 is 44.9 Å². The van der Waals surface area contributed by atoms with E-state index < -0.39 is 10.8 Å². The zero-order chi connectivity index (χ0) is 14.7. The van der Waals surface area contributed by atoms with Crippen LogP contribution in [0.25, 0.3) is 0 Å². The van der Waals surface area contributed by atoms with Gasteiger partial charge in [0.1, 0.15) is 9.63 Å². The lowest BCUT2D eigenvalue weighted by molar-refractivity contribution is -0.384. The lowest BCUT2D eigenvalue weighted by Gasteiger charge is -2.05. The highest BCUT2D eigenvalue weighted by Gasteiger charge is 2.20. The van der Waals surface area contributed by atoms with Gasteiger partial charge < -0.3 is 5.32 Å². The van der Waals surface area contributed by atoms with Crippen LogP contribution in [0.1, 0.15) is 10.4 Å². The van der Waals surface area contributed by atoms with Crippen LogP contribution in [0.3, 0.4) is 0 Å². The number of carbonyl (C=O) groups is 1. The van der Waals surface area contributed by atoms with E-state index in [9.17, 15) is 14.9 Å². The fourth-order valence-corrected chi connectivity index (χ4v) is 1.88. The Labute approximate surface area is 126 Å². The van der Waals surface area contributed by atoms with Crippen LogP contribution in [-0.4, -0.2) is 20.8 Å². The second-order valence-electron chi connectivity index (χ2n) is 3.57. The maximum Gasteiger partial charge on any atom is 0.288 e. The molecule has 0 saturated carbocycles. The zero-order valence-electron chi connectivity index (χ0n) is 9.71. The van der Waals surface area contributed by atoms with Gasteiger partial charge in [-0.25, -0.2) is 9.97 Å². The predicted octanol–water partition coefficient (Wildman–Crippen LogP) is 3.05. The molecule has 0 aliphatic rings. The number of halogens is 2. The van der Waals surface area contributed by atoms with Gasteiger partial charge in [-0.15, -0.1) is 0 Å². The number of aromatic nitrogens is 2. The summed E-state index contributed by atoms with van der Waals surface area (Å²) >= 11 is 8.96. The predicted molar refractivity (Wildman–Crippen MR) is 75.8 cm³/mol. The van der Waals surface area contributed by atoms with Gasteiger partial charge >= 0.3 is 0 Å². The first-order chi connectivity index (χ1) is 9.49. The minimum atomic E-state index is -0.654. The van der Waals surface area contributed by atoms with Crippen molar-refractivity contribution in [1.29, 1.82) is 0 Å². The molecular formula is C11H6BrClN4O3. The monoisotopic (exact) mass is 356 g/mol. The molecule has 20 heavy (non-hydrogen) atoms. The Balaban J connectivity index is 2.28. The Hall–Kier alpha value is -2.06. The molecule has 0 radical (unpaired) electrons. The van der Waals surface area contributed by atoms with E-state index in [1.54, 1.807) is 0 Å². The molecule has 2 rings (SSSR count). The summed E-state index contributed by atoms with van der Waals surface area (Å²) in [6.07, 6.45) is 2.75. The zero-order valence-corrected chi connectivity index (χ0v) is 12.1. The van der Waals surface area contributed by atoms with Crippen molar-refractivity contribution < 1.29 is 9.72 Å². The van der Waals surface area contributed by atoms with Crippen molar-refractivity contribution in [3.05, 3.63) is 55.9 Å². The molecule has 1 heterocycles. The quantitative estimate of drug-likeness (QED) is 0.672. The normalized spacial score (nSPS) is 10.1. The Morgan fingerprint density at radius 3 is 2.70 bits per heavy atom. The summed E-state index contributed by atoms with van der Waals surface area (Å²) in [4.78, 5) is 29.9. The maximum absolute atomic E-state index is 12.0. The molecule has 0 fully saturated rings. The number of anilines is 1. The lowest BCUT2D eigenvalue weighted by atomic mass is 10.2. The summed E-state index contributed by atoms with van der Waals surface area (Å²) in [6.45, 7) is 0. The van der Waals surface area contributed by atoms with E-state index in [0.717, 1.165) is 0 Å². The summed E-state index contributed by atoms with van der Waals surface area (Å²) < 4.78 is 0.517. The molecule has 0 saturated heterocycles. The van der Waals surface area contributed by atoms with Gasteiger partial charge in [0.15, 0.2) is 5.82 Å². The number of nitro groups is 1. The van der Waals surface area contributed by atoms with Crippen LogP contribution in [0.2, 0.25) is 5.02 Å². The smallest absolute Gasteiger partial charge is 0.288 e. The second-order valence-corrected chi connectivity index (χ2v) is 4.76. The van der Waals surface area contributed by atoms with Crippen molar-refractivity contribution in [3.8, 4) is 0 Å². The van der Waals surface area contributed by atoms with Gasteiger partial charge in [-0.2, -0.15) is 0 Å². The van der Waals surface area contributed by atoms with Crippen molar-refractivity contribution in [3.63, 3.8) is 0 Å². The number of nitrogens with one attached hydrogen (secondary N) is 1. The third-order valence-electron chi connectivity index (χ3n) is 2.28. The maximum atomic E-state index is 12.0. The van der Waals surface area contributed by atoms with Gasteiger partial charge in [0.05, 0.1) is 22.9 Å². The summed E-state index contributed by atoms with van der Waals surface area (Å²) in [7, 11) is 0. The van der Waals surface area contributed by atoms with Gasteiger partial charge in [-0.05, 0) is 22.0 Å². The van der Waals surface area contributed by atoms with Gasteiger partial charge in [0.25, 0.3) is 11.6 Å². The first-order valence-corrected chi connectivity index (χ1v) is 6.38. The largest absolute Gasteiger partial charge is 0.305 e.